The van der Waals surface area contributed by atoms with E-state index in [4.69, 9.17) is 16.1 Å². The number of pyridine rings is 1. The summed E-state index contributed by atoms with van der Waals surface area (Å²) < 4.78 is 38.2. The van der Waals surface area contributed by atoms with Crippen LogP contribution in [-0.4, -0.2) is 75.5 Å². The Hall–Kier alpha value is -4.07. The van der Waals surface area contributed by atoms with E-state index >= 15 is 4.39 Å². The van der Waals surface area contributed by atoms with Crippen LogP contribution in [0.25, 0.3) is 32.9 Å². The number of aliphatic hydroxyl groups is 1. The molecule has 8 rings (SSSR count). The zero-order valence-corrected chi connectivity index (χ0v) is 25.8. The zero-order chi connectivity index (χ0) is 31.7. The normalized spacial score (nSPS) is 27.7. The van der Waals surface area contributed by atoms with Crippen LogP contribution in [0, 0.1) is 41.2 Å². The quantitative estimate of drug-likeness (QED) is 0.275. The van der Waals surface area contributed by atoms with Crippen LogP contribution in [0.4, 0.5) is 14.6 Å². The van der Waals surface area contributed by atoms with Crippen molar-refractivity contribution in [3.8, 4) is 35.4 Å². The number of phenols is 1. The summed E-state index contributed by atoms with van der Waals surface area (Å²) in [5.74, 6) is 1.85. The van der Waals surface area contributed by atoms with E-state index in [0.29, 0.717) is 48.2 Å². The minimum Gasteiger partial charge on any atom is -0.508 e. The van der Waals surface area contributed by atoms with Gasteiger partial charge in [0.15, 0.2) is 5.82 Å². The minimum atomic E-state index is -0.737. The Balaban J connectivity index is 1.27. The molecule has 4 fully saturated rings. The molecule has 2 saturated carbocycles. The van der Waals surface area contributed by atoms with Gasteiger partial charge in [-0.1, -0.05) is 18.4 Å². The first-order valence-electron chi connectivity index (χ1n) is 16.3. The number of aromatic hydroxyl groups is 1. The summed E-state index contributed by atoms with van der Waals surface area (Å²) in [6.07, 6.45) is 14.1. The third-order valence-corrected chi connectivity index (χ3v) is 11.1. The minimum absolute atomic E-state index is 0.00203. The van der Waals surface area contributed by atoms with E-state index in [1.54, 1.807) is 0 Å². The molecule has 5 atom stereocenters. The standard InChI is InChI=1S/C36H37F2N5O3/c1-3-24-27(37)8-7-21-14-23(44)15-25(30(21)24)32-31(38)33-26(16-39-32)34(43-17-20-12-22(18-43)28(45)13-20)41-35(40-33)46-19-36-9-4-6-29(36)42(2)11-5-10-36/h1,7-8,14-16,20,22,28-29,44-45H,4-6,9-13,17-19H2,2H3. The van der Waals surface area contributed by atoms with Crippen LogP contribution in [0.2, 0.25) is 0 Å². The number of hydrogen-bond donors (Lipinski definition) is 2. The number of benzene rings is 2. The summed E-state index contributed by atoms with van der Waals surface area (Å²) in [5.41, 5.74) is 0.0502. The van der Waals surface area contributed by atoms with Crippen LogP contribution >= 0.6 is 0 Å². The van der Waals surface area contributed by atoms with Gasteiger partial charge in [-0.05, 0) is 81.6 Å². The molecule has 8 nitrogen and oxygen atoms in total. The van der Waals surface area contributed by atoms with Crippen molar-refractivity contribution in [2.24, 2.45) is 17.3 Å². The lowest BCUT2D eigenvalue weighted by atomic mass is 9.76. The Bertz CT molecular complexity index is 1910. The summed E-state index contributed by atoms with van der Waals surface area (Å²) in [4.78, 5) is 18.6. The predicted octanol–water partition coefficient (Wildman–Crippen LogP) is 5.66. The Labute approximate surface area is 266 Å². The van der Waals surface area contributed by atoms with Gasteiger partial charge in [-0.15, -0.1) is 6.42 Å². The molecular weight excluding hydrogens is 588 g/mol. The molecule has 4 aliphatic rings. The van der Waals surface area contributed by atoms with E-state index < -0.39 is 11.6 Å². The maximum absolute atomic E-state index is 16.9. The Kier molecular flexibility index (Phi) is 7.03. The number of anilines is 1. The van der Waals surface area contributed by atoms with Gasteiger partial charge in [0.2, 0.25) is 0 Å². The monoisotopic (exact) mass is 625 g/mol. The maximum atomic E-state index is 16.9. The number of rotatable bonds is 5. The average Bonchev–Trinajstić information content (AvgIpc) is 3.60. The van der Waals surface area contributed by atoms with E-state index in [2.05, 4.69) is 32.7 Å². The zero-order valence-electron chi connectivity index (χ0n) is 25.8. The summed E-state index contributed by atoms with van der Waals surface area (Å²) in [5, 5.41) is 22.4. The number of terminal acetylenes is 1. The van der Waals surface area contributed by atoms with Crippen molar-refractivity contribution in [2.45, 2.75) is 57.1 Å². The first kappa shape index (κ1) is 29.3. The lowest BCUT2D eigenvalue weighted by Crippen LogP contribution is -2.50. The van der Waals surface area contributed by atoms with Crippen molar-refractivity contribution in [1.82, 2.24) is 19.9 Å². The van der Waals surface area contributed by atoms with Crippen LogP contribution in [0.1, 0.15) is 50.5 Å². The average molecular weight is 626 g/mol. The summed E-state index contributed by atoms with van der Waals surface area (Å²) in [7, 11) is 2.18. The van der Waals surface area contributed by atoms with Gasteiger partial charge in [0.1, 0.15) is 28.6 Å². The second-order valence-electron chi connectivity index (χ2n) is 13.9. The smallest absolute Gasteiger partial charge is 0.319 e. The molecule has 10 heteroatoms. The molecule has 2 saturated heterocycles. The highest BCUT2D eigenvalue weighted by atomic mass is 19.1. The van der Waals surface area contributed by atoms with E-state index in [9.17, 15) is 14.6 Å². The lowest BCUT2D eigenvalue weighted by molar-refractivity contribution is 0.0133. The first-order valence-corrected chi connectivity index (χ1v) is 16.3. The van der Waals surface area contributed by atoms with Crippen molar-refractivity contribution in [1.29, 1.82) is 0 Å². The van der Waals surface area contributed by atoms with Crippen molar-refractivity contribution in [2.75, 3.05) is 38.2 Å². The fraction of sp³-hybridized carbons (Fsp3) is 0.472. The molecule has 2 aliphatic carbocycles. The van der Waals surface area contributed by atoms with Gasteiger partial charge in [0, 0.05) is 47.6 Å². The third kappa shape index (κ3) is 4.66. The highest BCUT2D eigenvalue weighted by Crippen LogP contribution is 2.48. The van der Waals surface area contributed by atoms with Gasteiger partial charge in [0.25, 0.3) is 0 Å². The van der Waals surface area contributed by atoms with Crippen LogP contribution in [0.3, 0.4) is 0 Å². The number of halogens is 2. The van der Waals surface area contributed by atoms with Crippen molar-refractivity contribution >= 4 is 27.5 Å². The predicted molar refractivity (Wildman–Crippen MR) is 172 cm³/mol. The van der Waals surface area contributed by atoms with Crippen LogP contribution in [0.15, 0.2) is 30.5 Å². The van der Waals surface area contributed by atoms with E-state index in [-0.39, 0.29) is 56.9 Å². The Morgan fingerprint density at radius 2 is 1.98 bits per heavy atom. The molecule has 4 heterocycles. The topological polar surface area (TPSA) is 94.8 Å². The number of nitrogens with zero attached hydrogens (tertiary/aromatic N) is 5. The Morgan fingerprint density at radius 3 is 2.80 bits per heavy atom. The third-order valence-electron chi connectivity index (χ3n) is 11.1. The van der Waals surface area contributed by atoms with Gasteiger partial charge in [-0.25, -0.2) is 8.78 Å². The second kappa shape index (κ2) is 11.0. The van der Waals surface area contributed by atoms with Gasteiger partial charge < -0.3 is 24.7 Å². The number of phenolic OH excluding ortho intramolecular Hbond substituents is 1. The van der Waals surface area contributed by atoms with Crippen molar-refractivity contribution in [3.63, 3.8) is 0 Å². The fourth-order valence-corrected chi connectivity index (χ4v) is 9.06. The molecule has 0 radical (unpaired) electrons. The molecule has 2 aliphatic heterocycles. The molecule has 2 aromatic heterocycles. The number of hydrogen-bond acceptors (Lipinski definition) is 8. The Morgan fingerprint density at radius 1 is 1.13 bits per heavy atom. The van der Waals surface area contributed by atoms with Crippen molar-refractivity contribution in [3.05, 3.63) is 47.7 Å². The highest BCUT2D eigenvalue weighted by Gasteiger charge is 2.47. The van der Waals surface area contributed by atoms with Gasteiger partial charge in [-0.3, -0.25) is 4.98 Å². The summed E-state index contributed by atoms with van der Waals surface area (Å²) >= 11 is 0. The molecule has 46 heavy (non-hydrogen) atoms. The molecule has 5 unspecified atom stereocenters. The lowest BCUT2D eigenvalue weighted by Gasteiger charge is -2.44. The molecule has 2 bridgehead atoms. The fourth-order valence-electron chi connectivity index (χ4n) is 9.06. The van der Waals surface area contributed by atoms with Gasteiger partial charge in [0.05, 0.1) is 23.7 Å². The summed E-state index contributed by atoms with van der Waals surface area (Å²) in [6, 6.07) is 6.07. The number of piperidine rings is 2. The second-order valence-corrected chi connectivity index (χ2v) is 13.9. The van der Waals surface area contributed by atoms with Crippen molar-refractivity contribution < 1.29 is 23.7 Å². The molecular formula is C36H37F2N5O3. The maximum Gasteiger partial charge on any atom is 0.319 e. The van der Waals surface area contributed by atoms with Crippen LogP contribution in [0.5, 0.6) is 11.8 Å². The summed E-state index contributed by atoms with van der Waals surface area (Å²) in [6.45, 7) is 2.79. The number of fused-ring (bicyclic) bond motifs is 5. The molecule has 238 valence electrons. The van der Waals surface area contributed by atoms with E-state index in [1.807, 2.05) is 0 Å². The van der Waals surface area contributed by atoms with E-state index in [1.165, 1.54) is 30.5 Å². The largest absolute Gasteiger partial charge is 0.508 e. The molecule has 0 amide bonds. The van der Waals surface area contributed by atoms with Gasteiger partial charge >= 0.3 is 6.01 Å². The number of aliphatic hydroxyl groups excluding tert-OH is 1. The highest BCUT2D eigenvalue weighted by molar-refractivity contribution is 6.03. The molecule has 2 aromatic carbocycles. The first-order chi connectivity index (χ1) is 22.2. The van der Waals surface area contributed by atoms with Gasteiger partial charge in [-0.2, -0.15) is 9.97 Å². The number of aromatic nitrogens is 3. The molecule has 4 aromatic rings. The van der Waals surface area contributed by atoms with Crippen LogP contribution < -0.4 is 9.64 Å². The number of ether oxygens (including phenoxy) is 1. The molecule has 2 N–H and O–H groups in total. The SMILES string of the molecule is C#Cc1c(F)ccc2cc(O)cc(-c3ncc4c(N5CC6CC(O)C(C6)C5)nc(OCC56CCCC5N(C)CCC6)nc4c3F)c12. The van der Waals surface area contributed by atoms with Crippen LogP contribution in [-0.2, 0) is 0 Å². The molecule has 0 spiro atoms. The number of likely N-dealkylation sites (tertiary alicyclic amines) is 1. The van der Waals surface area contributed by atoms with E-state index in [0.717, 1.165) is 51.5 Å².